The van der Waals surface area contributed by atoms with Crippen LogP contribution >= 0.6 is 0 Å². The third kappa shape index (κ3) is 4.06. The van der Waals surface area contributed by atoms with Gasteiger partial charge in [-0.05, 0) is 56.6 Å². The van der Waals surface area contributed by atoms with Gasteiger partial charge in [0.15, 0.2) is 5.82 Å². The Morgan fingerprint density at radius 1 is 0.353 bits per heavy atom. The van der Waals surface area contributed by atoms with E-state index in [0.717, 1.165) is 33.4 Å². The average molecular weight is 648 g/mol. The van der Waals surface area contributed by atoms with Crippen LogP contribution < -0.4 is 0 Å². The molecule has 11 aromatic rings. The quantitative estimate of drug-likeness (QED) is 0.179. The zero-order chi connectivity index (χ0) is 33.5. The van der Waals surface area contributed by atoms with Gasteiger partial charge in [0.2, 0.25) is 0 Å². The Morgan fingerprint density at radius 2 is 0.902 bits per heavy atom. The molecule has 0 radical (unpaired) electrons. The van der Waals surface area contributed by atoms with Crippen molar-refractivity contribution in [3.05, 3.63) is 176 Å². The first kappa shape index (κ1) is 28.0. The molecule has 51 heavy (non-hydrogen) atoms. The van der Waals surface area contributed by atoms with Crippen molar-refractivity contribution in [3.8, 4) is 28.3 Å². The lowest BCUT2D eigenvalue weighted by Gasteiger charge is -2.16. The molecule has 0 amide bonds. The molecule has 9 aromatic carbocycles. The number of hydrogen-bond acceptors (Lipinski definition) is 2. The predicted octanol–water partition coefficient (Wildman–Crippen LogP) is 12.7. The molecule has 0 spiro atoms. The van der Waals surface area contributed by atoms with Gasteiger partial charge in [0.05, 0.1) is 22.2 Å². The molecule has 2 aromatic heterocycles. The second-order valence-corrected chi connectivity index (χ2v) is 13.3. The first-order chi connectivity index (χ1) is 25.3. The number of rotatable bonds is 3. The molecular formula is C48H29N3. The summed E-state index contributed by atoms with van der Waals surface area (Å²) >= 11 is 0. The van der Waals surface area contributed by atoms with Crippen LogP contribution in [-0.2, 0) is 0 Å². The van der Waals surface area contributed by atoms with Crippen LogP contribution in [0.4, 0.5) is 0 Å². The first-order valence-electron chi connectivity index (χ1n) is 17.4. The predicted molar refractivity (Wildman–Crippen MR) is 215 cm³/mol. The lowest BCUT2D eigenvalue weighted by atomic mass is 9.88. The Labute approximate surface area is 293 Å². The summed E-state index contributed by atoms with van der Waals surface area (Å²) in [5, 5.41) is 13.8. The number of hydrogen-bond donors (Lipinski definition) is 0. The number of para-hydroxylation sites is 2. The fraction of sp³-hybridized carbons (Fsp3) is 0. The normalized spacial score (nSPS) is 11.9. The van der Waals surface area contributed by atoms with Gasteiger partial charge in [-0.1, -0.05) is 152 Å². The third-order valence-corrected chi connectivity index (χ3v) is 10.5. The van der Waals surface area contributed by atoms with E-state index >= 15 is 0 Å². The van der Waals surface area contributed by atoms with E-state index < -0.39 is 0 Å². The number of benzene rings is 9. The van der Waals surface area contributed by atoms with E-state index in [1.54, 1.807) is 0 Å². The lowest BCUT2D eigenvalue weighted by Crippen LogP contribution is -1.98. The first-order valence-corrected chi connectivity index (χ1v) is 17.4. The Bertz CT molecular complexity index is 3190. The SMILES string of the molecule is c1ccc(-c2nc(-c3cccc(-n4c5ccccc5c5c6c7ccccc7c7ccccc7c6c6ccccc6c54)c3)nc3ccccc23)cc1. The molecule has 0 bridgehead atoms. The van der Waals surface area contributed by atoms with Gasteiger partial charge in [0.25, 0.3) is 0 Å². The van der Waals surface area contributed by atoms with E-state index in [9.17, 15) is 0 Å². The van der Waals surface area contributed by atoms with Gasteiger partial charge < -0.3 is 4.57 Å². The van der Waals surface area contributed by atoms with Crippen molar-refractivity contribution >= 4 is 75.8 Å². The summed E-state index contributed by atoms with van der Waals surface area (Å²) in [5.41, 5.74) is 7.38. The van der Waals surface area contributed by atoms with Gasteiger partial charge in [-0.2, -0.15) is 0 Å². The van der Waals surface area contributed by atoms with E-state index in [4.69, 9.17) is 9.97 Å². The minimum atomic E-state index is 0.711. The van der Waals surface area contributed by atoms with Crippen molar-refractivity contribution < 1.29 is 0 Å². The van der Waals surface area contributed by atoms with Crippen molar-refractivity contribution in [1.29, 1.82) is 0 Å². The van der Waals surface area contributed by atoms with Crippen LogP contribution in [0.1, 0.15) is 0 Å². The summed E-state index contributed by atoms with van der Waals surface area (Å²) in [6.45, 7) is 0. The van der Waals surface area contributed by atoms with Crippen molar-refractivity contribution in [2.75, 3.05) is 0 Å². The van der Waals surface area contributed by atoms with Crippen molar-refractivity contribution in [2.45, 2.75) is 0 Å². The summed E-state index contributed by atoms with van der Waals surface area (Å²) < 4.78 is 2.46. The highest BCUT2D eigenvalue weighted by molar-refractivity contribution is 6.42. The minimum absolute atomic E-state index is 0.711. The second-order valence-electron chi connectivity index (χ2n) is 13.3. The molecule has 0 aliphatic heterocycles. The summed E-state index contributed by atoms with van der Waals surface area (Å²) in [7, 11) is 0. The zero-order valence-corrected chi connectivity index (χ0v) is 27.6. The van der Waals surface area contributed by atoms with Gasteiger partial charge >= 0.3 is 0 Å². The molecular weight excluding hydrogens is 619 g/mol. The molecule has 3 heteroatoms. The van der Waals surface area contributed by atoms with Crippen LogP contribution in [0.25, 0.3) is 104 Å². The van der Waals surface area contributed by atoms with Gasteiger partial charge in [0.1, 0.15) is 0 Å². The molecule has 0 N–H and O–H groups in total. The smallest absolute Gasteiger partial charge is 0.160 e. The molecule has 0 saturated heterocycles. The van der Waals surface area contributed by atoms with Gasteiger partial charge in [-0.3, -0.25) is 0 Å². The summed E-state index contributed by atoms with van der Waals surface area (Å²) in [4.78, 5) is 10.3. The summed E-state index contributed by atoms with van der Waals surface area (Å²) in [6, 6.07) is 63.0. The van der Waals surface area contributed by atoms with Crippen molar-refractivity contribution in [2.24, 2.45) is 0 Å². The number of fused-ring (bicyclic) bond motifs is 14. The minimum Gasteiger partial charge on any atom is -0.309 e. The molecule has 0 aliphatic carbocycles. The Morgan fingerprint density at radius 3 is 1.65 bits per heavy atom. The topological polar surface area (TPSA) is 30.7 Å². The molecule has 0 aliphatic rings. The fourth-order valence-corrected chi connectivity index (χ4v) is 8.41. The Hall–Kier alpha value is -6.84. The van der Waals surface area contributed by atoms with Crippen LogP contribution in [0.2, 0.25) is 0 Å². The molecule has 236 valence electrons. The summed E-state index contributed by atoms with van der Waals surface area (Å²) in [6.07, 6.45) is 0. The molecule has 3 nitrogen and oxygen atoms in total. The van der Waals surface area contributed by atoms with E-state index in [-0.39, 0.29) is 0 Å². The fourth-order valence-electron chi connectivity index (χ4n) is 8.41. The molecule has 0 saturated carbocycles. The molecule has 0 atom stereocenters. The van der Waals surface area contributed by atoms with E-state index in [2.05, 4.69) is 168 Å². The molecule has 0 unspecified atom stereocenters. The van der Waals surface area contributed by atoms with Gasteiger partial charge in [-0.15, -0.1) is 0 Å². The zero-order valence-electron chi connectivity index (χ0n) is 27.6. The largest absolute Gasteiger partial charge is 0.309 e. The number of nitrogens with zero attached hydrogens (tertiary/aromatic N) is 3. The van der Waals surface area contributed by atoms with E-state index in [1.165, 1.54) is 64.9 Å². The average Bonchev–Trinajstić information content (AvgIpc) is 3.56. The van der Waals surface area contributed by atoms with Crippen LogP contribution in [0.15, 0.2) is 176 Å². The molecule has 2 heterocycles. The van der Waals surface area contributed by atoms with Crippen molar-refractivity contribution in [3.63, 3.8) is 0 Å². The maximum absolute atomic E-state index is 5.22. The maximum atomic E-state index is 5.22. The van der Waals surface area contributed by atoms with Crippen LogP contribution in [0, 0.1) is 0 Å². The third-order valence-electron chi connectivity index (χ3n) is 10.5. The maximum Gasteiger partial charge on any atom is 0.160 e. The van der Waals surface area contributed by atoms with E-state index in [1.807, 2.05) is 12.1 Å². The molecule has 11 rings (SSSR count). The highest BCUT2D eigenvalue weighted by Gasteiger charge is 2.22. The monoisotopic (exact) mass is 647 g/mol. The Balaban J connectivity index is 1.27. The van der Waals surface area contributed by atoms with Crippen molar-refractivity contribution in [1.82, 2.24) is 14.5 Å². The van der Waals surface area contributed by atoms with Gasteiger partial charge in [0, 0.05) is 43.7 Å². The lowest BCUT2D eigenvalue weighted by molar-refractivity contribution is 1.17. The van der Waals surface area contributed by atoms with E-state index in [0.29, 0.717) is 5.82 Å². The second kappa shape index (κ2) is 10.8. The molecule has 0 fully saturated rings. The standard InChI is InChI=1S/C48H29N3/c1-2-15-30(16-3-1)46-39-25-10-12-27-41(39)49-48(50-46)31-17-14-18-32(29-31)51-42-28-13-11-26-40(42)45-44-36-22-7-5-20-34(36)33-19-4-6-21-35(33)43(44)37-23-8-9-24-38(37)47(45)51/h1-29H. The highest BCUT2D eigenvalue weighted by Crippen LogP contribution is 2.47. The summed E-state index contributed by atoms with van der Waals surface area (Å²) in [5.74, 6) is 0.711. The van der Waals surface area contributed by atoms with Crippen LogP contribution in [-0.4, -0.2) is 14.5 Å². The van der Waals surface area contributed by atoms with Crippen LogP contribution in [0.3, 0.4) is 0 Å². The number of aromatic nitrogens is 3. The van der Waals surface area contributed by atoms with Crippen LogP contribution in [0.5, 0.6) is 0 Å². The van der Waals surface area contributed by atoms with Gasteiger partial charge in [-0.25, -0.2) is 9.97 Å². The Kier molecular flexibility index (Phi) is 5.96. The highest BCUT2D eigenvalue weighted by atomic mass is 15.0.